The van der Waals surface area contributed by atoms with Crippen LogP contribution in [0, 0.1) is 0 Å². The van der Waals surface area contributed by atoms with E-state index >= 15 is 0 Å². The molecule has 0 bridgehead atoms. The number of piperidine rings is 1. The predicted octanol–water partition coefficient (Wildman–Crippen LogP) is 0.225. The molecule has 2 heterocycles. The fourth-order valence-electron chi connectivity index (χ4n) is 2.35. The standard InChI is InChI=1S/C11H21N3O/c15-9-11(14-6-1-2-7-14)13-10-4-3-5-12-8-10/h10,12,15H,1-9H2. The Bertz CT molecular complexity index is 218. The van der Waals surface area contributed by atoms with Crippen LogP contribution >= 0.6 is 0 Å². The molecular formula is C11H21N3O. The molecule has 0 spiro atoms. The monoisotopic (exact) mass is 211 g/mol. The first-order valence-corrected chi connectivity index (χ1v) is 6.03. The zero-order chi connectivity index (χ0) is 10.5. The Morgan fingerprint density at radius 1 is 1.33 bits per heavy atom. The number of hydrogen-bond donors (Lipinski definition) is 2. The molecule has 0 radical (unpaired) electrons. The molecule has 0 aromatic rings. The first-order chi connectivity index (χ1) is 7.40. The topological polar surface area (TPSA) is 47.9 Å². The van der Waals surface area contributed by atoms with E-state index in [0.29, 0.717) is 6.04 Å². The van der Waals surface area contributed by atoms with Gasteiger partial charge in [-0.15, -0.1) is 0 Å². The summed E-state index contributed by atoms with van der Waals surface area (Å²) >= 11 is 0. The fraction of sp³-hybridized carbons (Fsp3) is 0.909. The van der Waals surface area contributed by atoms with E-state index in [1.807, 2.05) is 0 Å². The summed E-state index contributed by atoms with van der Waals surface area (Å²) in [6.07, 6.45) is 4.83. The zero-order valence-corrected chi connectivity index (χ0v) is 9.28. The highest BCUT2D eigenvalue weighted by Crippen LogP contribution is 2.11. The molecule has 0 aromatic carbocycles. The molecular weight excluding hydrogens is 190 g/mol. The molecule has 2 N–H and O–H groups in total. The van der Waals surface area contributed by atoms with Crippen LogP contribution in [0.2, 0.25) is 0 Å². The van der Waals surface area contributed by atoms with Crippen molar-refractivity contribution in [3.8, 4) is 0 Å². The molecule has 4 heteroatoms. The van der Waals surface area contributed by atoms with Crippen LogP contribution in [0.25, 0.3) is 0 Å². The third-order valence-electron chi connectivity index (χ3n) is 3.21. The van der Waals surface area contributed by atoms with E-state index in [1.54, 1.807) is 0 Å². The molecule has 4 nitrogen and oxygen atoms in total. The van der Waals surface area contributed by atoms with E-state index in [0.717, 1.165) is 38.4 Å². The summed E-state index contributed by atoms with van der Waals surface area (Å²) in [4.78, 5) is 6.90. The van der Waals surface area contributed by atoms with E-state index in [-0.39, 0.29) is 6.61 Å². The Labute approximate surface area is 91.4 Å². The molecule has 2 aliphatic rings. The van der Waals surface area contributed by atoms with Gasteiger partial charge in [-0.2, -0.15) is 0 Å². The average Bonchev–Trinajstić information content (AvgIpc) is 2.81. The molecule has 2 fully saturated rings. The minimum atomic E-state index is 0.0938. The molecule has 0 amide bonds. The number of nitrogens with zero attached hydrogens (tertiary/aromatic N) is 2. The van der Waals surface area contributed by atoms with Gasteiger partial charge in [-0.1, -0.05) is 0 Å². The molecule has 1 atom stereocenters. The highest BCUT2D eigenvalue weighted by Gasteiger charge is 2.18. The zero-order valence-electron chi connectivity index (χ0n) is 9.28. The lowest BCUT2D eigenvalue weighted by Crippen LogP contribution is -2.37. The van der Waals surface area contributed by atoms with E-state index in [4.69, 9.17) is 0 Å². The number of likely N-dealkylation sites (tertiary alicyclic amines) is 1. The number of aliphatic hydroxyl groups excluding tert-OH is 1. The van der Waals surface area contributed by atoms with E-state index in [1.165, 1.54) is 19.3 Å². The number of hydrogen-bond acceptors (Lipinski definition) is 3. The maximum Gasteiger partial charge on any atom is 0.125 e. The van der Waals surface area contributed by atoms with Gasteiger partial charge in [0.05, 0.1) is 6.04 Å². The Balaban J connectivity index is 1.93. The Morgan fingerprint density at radius 2 is 2.13 bits per heavy atom. The van der Waals surface area contributed by atoms with Crippen molar-refractivity contribution in [2.24, 2.45) is 4.99 Å². The van der Waals surface area contributed by atoms with Gasteiger partial charge in [0.1, 0.15) is 12.4 Å². The molecule has 86 valence electrons. The van der Waals surface area contributed by atoms with Crippen molar-refractivity contribution in [3.05, 3.63) is 0 Å². The van der Waals surface area contributed by atoms with Gasteiger partial charge in [-0.05, 0) is 32.2 Å². The number of rotatable bonds is 2. The van der Waals surface area contributed by atoms with Crippen LogP contribution < -0.4 is 5.32 Å². The molecule has 15 heavy (non-hydrogen) atoms. The van der Waals surface area contributed by atoms with Gasteiger partial charge < -0.3 is 15.3 Å². The first kappa shape index (κ1) is 10.9. The van der Waals surface area contributed by atoms with E-state index in [2.05, 4.69) is 15.2 Å². The Morgan fingerprint density at radius 3 is 2.73 bits per heavy atom. The molecule has 2 rings (SSSR count). The maximum atomic E-state index is 9.32. The largest absolute Gasteiger partial charge is 0.388 e. The highest BCUT2D eigenvalue weighted by molar-refractivity contribution is 5.83. The third-order valence-corrected chi connectivity index (χ3v) is 3.21. The van der Waals surface area contributed by atoms with Crippen molar-refractivity contribution in [2.75, 3.05) is 32.8 Å². The van der Waals surface area contributed by atoms with E-state index < -0.39 is 0 Å². The molecule has 0 aromatic heterocycles. The Kier molecular flexibility index (Phi) is 3.97. The van der Waals surface area contributed by atoms with Crippen molar-refractivity contribution in [2.45, 2.75) is 31.7 Å². The third kappa shape index (κ3) is 2.92. The SMILES string of the molecule is OCC(=NC1CCCNC1)N1CCCC1. The molecule has 2 aliphatic heterocycles. The van der Waals surface area contributed by atoms with Crippen molar-refractivity contribution in [1.29, 1.82) is 0 Å². The molecule has 0 saturated carbocycles. The minimum absolute atomic E-state index is 0.0938. The van der Waals surface area contributed by atoms with Gasteiger partial charge in [0.15, 0.2) is 0 Å². The smallest absolute Gasteiger partial charge is 0.125 e. The van der Waals surface area contributed by atoms with Gasteiger partial charge in [-0.25, -0.2) is 0 Å². The Hall–Kier alpha value is -0.610. The first-order valence-electron chi connectivity index (χ1n) is 6.03. The van der Waals surface area contributed by atoms with Crippen LogP contribution in [-0.4, -0.2) is 54.7 Å². The van der Waals surface area contributed by atoms with Gasteiger partial charge in [0, 0.05) is 19.6 Å². The second-order valence-electron chi connectivity index (χ2n) is 4.40. The number of aliphatic hydroxyl groups is 1. The van der Waals surface area contributed by atoms with Gasteiger partial charge in [0.25, 0.3) is 0 Å². The maximum absolute atomic E-state index is 9.32. The van der Waals surface area contributed by atoms with Crippen molar-refractivity contribution >= 4 is 5.84 Å². The normalized spacial score (nSPS) is 28.5. The summed E-state index contributed by atoms with van der Waals surface area (Å²) in [5, 5.41) is 12.7. The predicted molar refractivity (Wildman–Crippen MR) is 61.2 cm³/mol. The van der Waals surface area contributed by atoms with Gasteiger partial charge in [-0.3, -0.25) is 4.99 Å². The second kappa shape index (κ2) is 5.47. The fourth-order valence-corrected chi connectivity index (χ4v) is 2.35. The highest BCUT2D eigenvalue weighted by atomic mass is 16.3. The molecule has 0 aliphatic carbocycles. The quantitative estimate of drug-likeness (QED) is 0.507. The number of nitrogens with one attached hydrogen (secondary N) is 1. The van der Waals surface area contributed by atoms with Crippen molar-refractivity contribution < 1.29 is 5.11 Å². The van der Waals surface area contributed by atoms with Crippen molar-refractivity contribution in [3.63, 3.8) is 0 Å². The molecule has 1 unspecified atom stereocenters. The van der Waals surface area contributed by atoms with Crippen LogP contribution in [0.4, 0.5) is 0 Å². The lowest BCUT2D eigenvalue weighted by molar-refractivity contribution is 0.328. The average molecular weight is 211 g/mol. The van der Waals surface area contributed by atoms with Gasteiger partial charge in [0.2, 0.25) is 0 Å². The van der Waals surface area contributed by atoms with E-state index in [9.17, 15) is 5.11 Å². The summed E-state index contributed by atoms with van der Waals surface area (Å²) < 4.78 is 0. The van der Waals surface area contributed by atoms with Gasteiger partial charge >= 0.3 is 0 Å². The number of amidine groups is 1. The van der Waals surface area contributed by atoms with Crippen LogP contribution in [-0.2, 0) is 0 Å². The van der Waals surface area contributed by atoms with Crippen LogP contribution in [0.3, 0.4) is 0 Å². The van der Waals surface area contributed by atoms with Crippen molar-refractivity contribution in [1.82, 2.24) is 10.2 Å². The van der Waals surface area contributed by atoms with Crippen LogP contribution in [0.1, 0.15) is 25.7 Å². The summed E-state index contributed by atoms with van der Waals surface area (Å²) in [6, 6.07) is 0.376. The number of aliphatic imine (C=N–C) groups is 1. The summed E-state index contributed by atoms with van der Waals surface area (Å²) in [5.41, 5.74) is 0. The summed E-state index contributed by atoms with van der Waals surface area (Å²) in [5.74, 6) is 0.904. The lowest BCUT2D eigenvalue weighted by atomic mass is 10.1. The summed E-state index contributed by atoms with van der Waals surface area (Å²) in [7, 11) is 0. The minimum Gasteiger partial charge on any atom is -0.388 e. The summed E-state index contributed by atoms with van der Waals surface area (Å²) in [6.45, 7) is 4.32. The second-order valence-corrected chi connectivity index (χ2v) is 4.40. The van der Waals surface area contributed by atoms with Crippen LogP contribution in [0.15, 0.2) is 4.99 Å². The molecule has 2 saturated heterocycles. The van der Waals surface area contributed by atoms with Crippen LogP contribution in [0.5, 0.6) is 0 Å². The lowest BCUT2D eigenvalue weighted by Gasteiger charge is -2.24.